The molecule has 1 aliphatic rings. The van der Waals surface area contributed by atoms with E-state index in [9.17, 15) is 4.79 Å². The lowest BCUT2D eigenvalue weighted by Crippen LogP contribution is -2.29. The second kappa shape index (κ2) is 9.02. The second-order valence-corrected chi connectivity index (χ2v) is 7.24. The van der Waals surface area contributed by atoms with E-state index in [0.717, 1.165) is 13.1 Å². The molecule has 26 heavy (non-hydrogen) atoms. The molecule has 9 nitrogen and oxygen atoms in total. The van der Waals surface area contributed by atoms with Crippen LogP contribution in [-0.2, 0) is 4.79 Å². The first kappa shape index (κ1) is 18.7. The predicted molar refractivity (Wildman–Crippen MR) is 103 cm³/mol. The first-order chi connectivity index (χ1) is 12.7. The van der Waals surface area contributed by atoms with Crippen LogP contribution in [0.25, 0.3) is 5.78 Å². The van der Waals surface area contributed by atoms with Crippen molar-refractivity contribution in [3.8, 4) is 0 Å². The minimum Gasteiger partial charge on any atom is -0.355 e. The average molecular weight is 379 g/mol. The van der Waals surface area contributed by atoms with Crippen molar-refractivity contribution in [3.05, 3.63) is 0 Å². The molecule has 3 N–H and O–H groups in total. The maximum Gasteiger partial charge on any atom is 0.261 e. The number of anilines is 2. The van der Waals surface area contributed by atoms with Gasteiger partial charge < -0.3 is 16.0 Å². The van der Waals surface area contributed by atoms with Gasteiger partial charge in [0.1, 0.15) is 0 Å². The van der Waals surface area contributed by atoms with Gasteiger partial charge in [-0.05, 0) is 32.6 Å². The summed E-state index contributed by atoms with van der Waals surface area (Å²) in [5, 5.41) is 18.2. The largest absolute Gasteiger partial charge is 0.355 e. The van der Waals surface area contributed by atoms with Crippen molar-refractivity contribution in [3.63, 3.8) is 0 Å². The van der Waals surface area contributed by atoms with Crippen molar-refractivity contribution in [2.24, 2.45) is 5.92 Å². The Labute approximate surface area is 157 Å². The number of carbonyl (C=O) groups is 1. The molecule has 2 heterocycles. The van der Waals surface area contributed by atoms with E-state index >= 15 is 0 Å². The standard InChI is InChI=1S/C16H26N8OS/c1-3-17-13-20-14(18-4-2)24-15(21-13)22-23-16(24)26-10-12(25)19-9-11-7-5-6-8-11/h11H,3-10H2,1-2H3,(H,19,25)(H2,17,18,20,21,22). The van der Waals surface area contributed by atoms with Crippen LogP contribution in [0.15, 0.2) is 5.16 Å². The zero-order chi connectivity index (χ0) is 18.4. The van der Waals surface area contributed by atoms with Crippen LogP contribution in [0.1, 0.15) is 39.5 Å². The van der Waals surface area contributed by atoms with Gasteiger partial charge in [-0.2, -0.15) is 9.97 Å². The number of nitrogens with one attached hydrogen (secondary N) is 3. The van der Waals surface area contributed by atoms with E-state index in [0.29, 0.717) is 41.0 Å². The molecule has 1 fully saturated rings. The molecule has 1 amide bonds. The first-order valence-corrected chi connectivity index (χ1v) is 10.2. The highest BCUT2D eigenvalue weighted by molar-refractivity contribution is 7.99. The van der Waals surface area contributed by atoms with Crippen molar-refractivity contribution >= 4 is 35.3 Å². The number of fused-ring (bicyclic) bond motifs is 1. The normalized spacial score (nSPS) is 14.7. The number of aromatic nitrogens is 5. The molecule has 10 heteroatoms. The van der Waals surface area contributed by atoms with Crippen molar-refractivity contribution < 1.29 is 4.79 Å². The fourth-order valence-electron chi connectivity index (χ4n) is 3.05. The number of thioether (sulfide) groups is 1. The van der Waals surface area contributed by atoms with E-state index in [1.165, 1.54) is 37.4 Å². The van der Waals surface area contributed by atoms with Crippen LogP contribution >= 0.6 is 11.8 Å². The van der Waals surface area contributed by atoms with Gasteiger partial charge in [-0.15, -0.1) is 10.2 Å². The van der Waals surface area contributed by atoms with Gasteiger partial charge >= 0.3 is 0 Å². The van der Waals surface area contributed by atoms with Crippen LogP contribution in [-0.4, -0.2) is 55.9 Å². The Bertz CT molecular complexity index is 743. The quantitative estimate of drug-likeness (QED) is 0.567. The van der Waals surface area contributed by atoms with Crippen molar-refractivity contribution in [2.75, 3.05) is 36.0 Å². The second-order valence-electron chi connectivity index (χ2n) is 6.29. The van der Waals surface area contributed by atoms with Crippen LogP contribution in [0, 0.1) is 5.92 Å². The Morgan fingerprint density at radius 1 is 1.15 bits per heavy atom. The Kier molecular flexibility index (Phi) is 6.48. The lowest BCUT2D eigenvalue weighted by atomic mass is 10.1. The summed E-state index contributed by atoms with van der Waals surface area (Å²) in [4.78, 5) is 21.0. The van der Waals surface area contributed by atoms with E-state index < -0.39 is 0 Å². The smallest absolute Gasteiger partial charge is 0.261 e. The van der Waals surface area contributed by atoms with Gasteiger partial charge in [0.15, 0.2) is 5.16 Å². The highest BCUT2D eigenvalue weighted by Gasteiger charge is 2.18. The van der Waals surface area contributed by atoms with E-state index in [1.54, 1.807) is 4.40 Å². The van der Waals surface area contributed by atoms with Crippen molar-refractivity contribution in [1.82, 2.24) is 29.9 Å². The summed E-state index contributed by atoms with van der Waals surface area (Å²) in [6.07, 6.45) is 5.01. The van der Waals surface area contributed by atoms with Gasteiger partial charge in [0.05, 0.1) is 5.75 Å². The zero-order valence-electron chi connectivity index (χ0n) is 15.3. The van der Waals surface area contributed by atoms with Crippen molar-refractivity contribution in [1.29, 1.82) is 0 Å². The third-order valence-electron chi connectivity index (χ3n) is 4.31. The fourth-order valence-corrected chi connectivity index (χ4v) is 3.81. The SMILES string of the molecule is CCNc1nc(NCC)n2c(SCC(=O)NCC3CCCC3)nnc2n1. The molecule has 3 rings (SSSR count). The minimum absolute atomic E-state index is 0.0221. The molecule has 0 spiro atoms. The molecule has 2 aromatic rings. The predicted octanol–water partition coefficient (Wildman–Crippen LogP) is 1.78. The van der Waals surface area contributed by atoms with Crippen LogP contribution in [0.4, 0.5) is 11.9 Å². The molecule has 1 saturated carbocycles. The third-order valence-corrected chi connectivity index (χ3v) is 5.24. The lowest BCUT2D eigenvalue weighted by molar-refractivity contribution is -0.118. The number of hydrogen-bond donors (Lipinski definition) is 3. The summed E-state index contributed by atoms with van der Waals surface area (Å²) in [6.45, 7) is 6.18. The molecule has 0 radical (unpaired) electrons. The van der Waals surface area contributed by atoms with Gasteiger partial charge in [-0.25, -0.2) is 4.40 Å². The van der Waals surface area contributed by atoms with E-state index in [1.807, 2.05) is 13.8 Å². The maximum atomic E-state index is 12.1. The Hall–Kier alpha value is -2.10. The molecule has 0 aliphatic heterocycles. The molecule has 1 aliphatic carbocycles. The summed E-state index contributed by atoms with van der Waals surface area (Å²) in [6, 6.07) is 0. The minimum atomic E-state index is 0.0221. The molecule has 0 bridgehead atoms. The summed E-state index contributed by atoms with van der Waals surface area (Å²) in [5.41, 5.74) is 0. The molecule has 0 aromatic carbocycles. The van der Waals surface area contributed by atoms with Crippen molar-refractivity contribution in [2.45, 2.75) is 44.7 Å². The average Bonchev–Trinajstić information content (AvgIpc) is 3.28. The third kappa shape index (κ3) is 4.54. The van der Waals surface area contributed by atoms with Crippen LogP contribution in [0.3, 0.4) is 0 Å². The molecular weight excluding hydrogens is 352 g/mol. The van der Waals surface area contributed by atoms with Gasteiger partial charge in [0.25, 0.3) is 5.78 Å². The summed E-state index contributed by atoms with van der Waals surface area (Å²) in [7, 11) is 0. The summed E-state index contributed by atoms with van der Waals surface area (Å²) < 4.78 is 1.75. The molecule has 0 unspecified atom stereocenters. The highest BCUT2D eigenvalue weighted by atomic mass is 32.2. The highest BCUT2D eigenvalue weighted by Crippen LogP contribution is 2.24. The van der Waals surface area contributed by atoms with Crippen LogP contribution in [0.2, 0.25) is 0 Å². The number of nitrogens with zero attached hydrogens (tertiary/aromatic N) is 5. The summed E-state index contributed by atoms with van der Waals surface area (Å²) in [5.74, 6) is 2.54. The maximum absolute atomic E-state index is 12.1. The number of rotatable bonds is 9. The molecule has 0 saturated heterocycles. The Morgan fingerprint density at radius 3 is 2.65 bits per heavy atom. The van der Waals surface area contributed by atoms with E-state index in [-0.39, 0.29) is 5.91 Å². The topological polar surface area (TPSA) is 109 Å². The monoisotopic (exact) mass is 378 g/mol. The van der Waals surface area contributed by atoms with E-state index in [4.69, 9.17) is 0 Å². The van der Waals surface area contributed by atoms with Gasteiger partial charge in [-0.3, -0.25) is 4.79 Å². The number of carbonyl (C=O) groups excluding carboxylic acids is 1. The van der Waals surface area contributed by atoms with E-state index in [2.05, 4.69) is 36.1 Å². The number of amides is 1. The molecule has 0 atom stereocenters. The van der Waals surface area contributed by atoms with Gasteiger partial charge in [-0.1, -0.05) is 24.6 Å². The van der Waals surface area contributed by atoms with Gasteiger partial charge in [0, 0.05) is 19.6 Å². The zero-order valence-corrected chi connectivity index (χ0v) is 16.1. The Balaban J connectivity index is 1.66. The molecule has 2 aromatic heterocycles. The molecular formula is C16H26N8OS. The lowest BCUT2D eigenvalue weighted by Gasteiger charge is -2.11. The van der Waals surface area contributed by atoms with Crippen LogP contribution in [0.5, 0.6) is 0 Å². The number of hydrogen-bond acceptors (Lipinski definition) is 8. The van der Waals surface area contributed by atoms with Gasteiger partial charge in [0.2, 0.25) is 17.8 Å². The first-order valence-electron chi connectivity index (χ1n) is 9.21. The van der Waals surface area contributed by atoms with Crippen LogP contribution < -0.4 is 16.0 Å². The summed E-state index contributed by atoms with van der Waals surface area (Å²) >= 11 is 1.34. The molecule has 142 valence electrons. The fraction of sp³-hybridized carbons (Fsp3) is 0.688. The Morgan fingerprint density at radius 2 is 1.92 bits per heavy atom.